The molecule has 1 N–H and O–H groups in total. The molecule has 164 valence electrons. The molecule has 0 radical (unpaired) electrons. The summed E-state index contributed by atoms with van der Waals surface area (Å²) in [7, 11) is 0. The standard InChI is InChI=1S/C21H27F3N4O2/c22-21(23,24)16-5-3-6-17(15-16)26-13-11-25(12-14-26)8-4-10-28-19(29)18-7-1-2-9-27(18)20(28)30/h3,5-6,15,18H,1-2,4,7-14H2/p+1/t18-/m1/s1. The molecule has 30 heavy (non-hydrogen) atoms. The minimum atomic E-state index is -4.33. The first-order valence-electron chi connectivity index (χ1n) is 10.7. The number of halogens is 3. The van der Waals surface area contributed by atoms with Crippen molar-refractivity contribution < 1.29 is 27.7 Å². The first-order chi connectivity index (χ1) is 14.3. The number of fused-ring (bicyclic) bond motifs is 1. The van der Waals surface area contributed by atoms with E-state index in [9.17, 15) is 22.8 Å². The molecule has 3 fully saturated rings. The van der Waals surface area contributed by atoms with E-state index in [0.717, 1.165) is 51.4 Å². The van der Waals surface area contributed by atoms with E-state index in [1.807, 2.05) is 4.90 Å². The van der Waals surface area contributed by atoms with Gasteiger partial charge in [-0.2, -0.15) is 13.2 Å². The number of piperazine rings is 1. The molecule has 1 atom stereocenters. The Bertz CT molecular complexity index is 769. The average Bonchev–Trinajstić information content (AvgIpc) is 2.99. The molecule has 3 aliphatic heterocycles. The molecule has 0 aliphatic carbocycles. The van der Waals surface area contributed by atoms with Gasteiger partial charge in [-0.1, -0.05) is 6.07 Å². The fraction of sp³-hybridized carbons (Fsp3) is 0.619. The Hall–Kier alpha value is -2.29. The number of anilines is 1. The van der Waals surface area contributed by atoms with Crippen LogP contribution in [0.25, 0.3) is 0 Å². The number of hydrogen-bond acceptors (Lipinski definition) is 3. The number of urea groups is 1. The van der Waals surface area contributed by atoms with Crippen LogP contribution < -0.4 is 9.80 Å². The van der Waals surface area contributed by atoms with Gasteiger partial charge in [-0.3, -0.25) is 9.69 Å². The third-order valence-corrected chi connectivity index (χ3v) is 6.45. The van der Waals surface area contributed by atoms with Crippen LogP contribution in [0, 0.1) is 0 Å². The van der Waals surface area contributed by atoms with Crippen molar-refractivity contribution in [2.75, 3.05) is 50.7 Å². The fourth-order valence-corrected chi connectivity index (χ4v) is 4.75. The zero-order valence-corrected chi connectivity index (χ0v) is 17.0. The van der Waals surface area contributed by atoms with E-state index in [1.165, 1.54) is 21.9 Å². The highest BCUT2D eigenvalue weighted by Gasteiger charge is 2.45. The van der Waals surface area contributed by atoms with Gasteiger partial charge in [-0.25, -0.2) is 4.79 Å². The molecule has 6 nitrogen and oxygen atoms in total. The number of amides is 3. The quantitative estimate of drug-likeness (QED) is 0.730. The zero-order chi connectivity index (χ0) is 21.3. The Morgan fingerprint density at radius 3 is 2.53 bits per heavy atom. The Labute approximate surface area is 174 Å². The lowest BCUT2D eigenvalue weighted by Gasteiger charge is -2.34. The van der Waals surface area contributed by atoms with Crippen LogP contribution in [0.15, 0.2) is 24.3 Å². The molecule has 0 bridgehead atoms. The summed E-state index contributed by atoms with van der Waals surface area (Å²) >= 11 is 0. The Kier molecular flexibility index (Phi) is 5.90. The van der Waals surface area contributed by atoms with Crippen molar-refractivity contribution >= 4 is 17.6 Å². The Morgan fingerprint density at radius 1 is 1.07 bits per heavy atom. The molecular weight excluding hydrogens is 397 g/mol. The predicted molar refractivity (Wildman–Crippen MR) is 105 cm³/mol. The molecule has 9 heteroatoms. The van der Waals surface area contributed by atoms with Crippen LogP contribution in [0.5, 0.6) is 0 Å². The fourth-order valence-electron chi connectivity index (χ4n) is 4.75. The molecular formula is C21H28F3N4O2+. The average molecular weight is 425 g/mol. The third kappa shape index (κ3) is 4.26. The number of alkyl halides is 3. The minimum absolute atomic E-state index is 0.0518. The number of quaternary nitrogens is 1. The van der Waals surface area contributed by atoms with Crippen molar-refractivity contribution in [2.45, 2.75) is 37.9 Å². The number of nitrogens with one attached hydrogen (secondary N) is 1. The van der Waals surface area contributed by atoms with E-state index in [2.05, 4.69) is 0 Å². The topological polar surface area (TPSA) is 48.3 Å². The number of carbonyl (C=O) groups excluding carboxylic acids is 2. The summed E-state index contributed by atoms with van der Waals surface area (Å²) in [5.41, 5.74) is -0.0141. The van der Waals surface area contributed by atoms with Crippen LogP contribution in [0.4, 0.5) is 23.7 Å². The van der Waals surface area contributed by atoms with Gasteiger partial charge in [-0.15, -0.1) is 0 Å². The van der Waals surface area contributed by atoms with Crippen LogP contribution in [0.2, 0.25) is 0 Å². The van der Waals surface area contributed by atoms with Gasteiger partial charge in [-0.05, 0) is 37.5 Å². The van der Waals surface area contributed by atoms with Crippen LogP contribution in [-0.2, 0) is 11.0 Å². The maximum absolute atomic E-state index is 12.9. The number of carbonyl (C=O) groups is 2. The summed E-state index contributed by atoms with van der Waals surface area (Å²) in [6, 6.07) is 5.08. The smallest absolute Gasteiger partial charge is 0.360 e. The highest BCUT2D eigenvalue weighted by molar-refractivity contribution is 6.04. The second-order valence-corrected chi connectivity index (χ2v) is 8.37. The molecule has 3 amide bonds. The Morgan fingerprint density at radius 2 is 1.83 bits per heavy atom. The van der Waals surface area contributed by atoms with Crippen LogP contribution in [0.1, 0.15) is 31.2 Å². The van der Waals surface area contributed by atoms with E-state index < -0.39 is 11.7 Å². The number of piperidine rings is 1. The molecule has 0 saturated carbocycles. The minimum Gasteiger partial charge on any atom is -0.360 e. The summed E-state index contributed by atoms with van der Waals surface area (Å²) in [4.78, 5) is 31.4. The van der Waals surface area contributed by atoms with Gasteiger partial charge >= 0.3 is 12.2 Å². The summed E-state index contributed by atoms with van der Waals surface area (Å²) in [6.07, 6.45) is -0.861. The van der Waals surface area contributed by atoms with E-state index in [4.69, 9.17) is 0 Å². The second kappa shape index (κ2) is 8.45. The predicted octanol–water partition coefficient (Wildman–Crippen LogP) is 1.62. The largest absolute Gasteiger partial charge is 0.416 e. The second-order valence-electron chi connectivity index (χ2n) is 8.37. The van der Waals surface area contributed by atoms with Crippen molar-refractivity contribution in [3.8, 4) is 0 Å². The molecule has 1 aromatic carbocycles. The van der Waals surface area contributed by atoms with Gasteiger partial charge in [0.1, 0.15) is 6.04 Å². The van der Waals surface area contributed by atoms with E-state index in [1.54, 1.807) is 11.0 Å². The van der Waals surface area contributed by atoms with E-state index in [-0.39, 0.29) is 18.0 Å². The van der Waals surface area contributed by atoms with Crippen molar-refractivity contribution in [1.29, 1.82) is 0 Å². The molecule has 3 heterocycles. The van der Waals surface area contributed by atoms with Crippen molar-refractivity contribution in [3.63, 3.8) is 0 Å². The van der Waals surface area contributed by atoms with Gasteiger partial charge < -0.3 is 14.7 Å². The Balaban J connectivity index is 1.24. The van der Waals surface area contributed by atoms with Crippen molar-refractivity contribution in [3.05, 3.63) is 29.8 Å². The molecule has 4 rings (SSSR count). The number of imide groups is 1. The highest BCUT2D eigenvalue weighted by atomic mass is 19.4. The number of rotatable bonds is 5. The first kappa shape index (κ1) is 21.0. The van der Waals surface area contributed by atoms with E-state index >= 15 is 0 Å². The number of benzene rings is 1. The zero-order valence-electron chi connectivity index (χ0n) is 17.0. The van der Waals surface area contributed by atoms with Gasteiger partial charge in [0, 0.05) is 25.2 Å². The molecule has 3 saturated heterocycles. The molecule has 0 spiro atoms. The molecule has 0 unspecified atom stereocenters. The summed E-state index contributed by atoms with van der Waals surface area (Å²) < 4.78 is 38.8. The van der Waals surface area contributed by atoms with Gasteiger partial charge in [0.2, 0.25) is 0 Å². The number of nitrogens with zero attached hydrogens (tertiary/aromatic N) is 3. The SMILES string of the molecule is O=C1[C@H]2CCCCN2C(=O)N1CCC[NH+]1CCN(c2cccc(C(F)(F)F)c2)CC1. The van der Waals surface area contributed by atoms with Crippen molar-refractivity contribution in [1.82, 2.24) is 9.80 Å². The summed E-state index contributed by atoms with van der Waals surface area (Å²) in [5, 5.41) is 0. The number of hydrogen-bond donors (Lipinski definition) is 1. The normalized spacial score (nSPS) is 23.3. The first-order valence-corrected chi connectivity index (χ1v) is 10.7. The highest BCUT2D eigenvalue weighted by Crippen LogP contribution is 2.31. The van der Waals surface area contributed by atoms with Gasteiger partial charge in [0.15, 0.2) is 0 Å². The molecule has 0 aromatic heterocycles. The van der Waals surface area contributed by atoms with Gasteiger partial charge in [0.05, 0.1) is 38.3 Å². The van der Waals surface area contributed by atoms with E-state index in [0.29, 0.717) is 31.9 Å². The van der Waals surface area contributed by atoms with Crippen molar-refractivity contribution in [2.24, 2.45) is 0 Å². The maximum atomic E-state index is 12.9. The van der Waals surface area contributed by atoms with Crippen LogP contribution >= 0.6 is 0 Å². The molecule has 1 aromatic rings. The van der Waals surface area contributed by atoms with Crippen LogP contribution in [-0.4, -0.2) is 73.6 Å². The van der Waals surface area contributed by atoms with Gasteiger partial charge in [0.25, 0.3) is 5.91 Å². The molecule has 3 aliphatic rings. The van der Waals surface area contributed by atoms with Crippen LogP contribution in [0.3, 0.4) is 0 Å². The third-order valence-electron chi connectivity index (χ3n) is 6.45. The summed E-state index contributed by atoms with van der Waals surface area (Å²) in [6.45, 7) is 5.00. The summed E-state index contributed by atoms with van der Waals surface area (Å²) in [5.74, 6) is -0.0518. The lowest BCUT2D eigenvalue weighted by molar-refractivity contribution is -0.900. The maximum Gasteiger partial charge on any atom is 0.416 e. The monoisotopic (exact) mass is 425 g/mol. The lowest BCUT2D eigenvalue weighted by Crippen LogP contribution is -3.15. The lowest BCUT2D eigenvalue weighted by atomic mass is 10.0.